The zero-order valence-electron chi connectivity index (χ0n) is 5.70. The molecule has 0 aliphatic rings. The molecule has 0 atom stereocenters. The van der Waals surface area contributed by atoms with E-state index in [0.717, 1.165) is 0 Å². The Morgan fingerprint density at radius 2 is 1.73 bits per heavy atom. The van der Waals surface area contributed by atoms with Crippen LogP contribution in [0.1, 0.15) is 0 Å². The van der Waals surface area contributed by atoms with Crippen molar-refractivity contribution in [1.29, 1.82) is 0 Å². The van der Waals surface area contributed by atoms with E-state index < -0.39 is 0 Å². The van der Waals surface area contributed by atoms with E-state index in [9.17, 15) is 0 Å². The van der Waals surface area contributed by atoms with Crippen molar-refractivity contribution in [3.8, 4) is 5.75 Å². The molecule has 0 aliphatic carbocycles. The summed E-state index contributed by atoms with van der Waals surface area (Å²) in [6.45, 7) is 0. The molecule has 0 aromatic heterocycles. The quantitative estimate of drug-likeness (QED) is 0.695. The number of rotatable bonds is 1. The van der Waals surface area contributed by atoms with Gasteiger partial charge in [-0.25, -0.2) is 0 Å². The van der Waals surface area contributed by atoms with E-state index in [-0.39, 0.29) is 0 Å². The first kappa shape index (κ1) is 9.17. The number of hydrogen-bond donors (Lipinski definition) is 0. The molecule has 0 unspecified atom stereocenters. The molecule has 1 rings (SSSR count). The summed E-state index contributed by atoms with van der Waals surface area (Å²) in [7, 11) is 1.57. The van der Waals surface area contributed by atoms with E-state index in [1.165, 1.54) is 0 Å². The Morgan fingerprint density at radius 3 is 2.09 bits per heavy atom. The monoisotopic (exact) mass is 254 g/mol. The molecular formula is C7H5BrCl2O. The number of benzene rings is 1. The average molecular weight is 256 g/mol. The summed E-state index contributed by atoms with van der Waals surface area (Å²) in [6, 6.07) is 3.38. The van der Waals surface area contributed by atoms with E-state index in [4.69, 9.17) is 27.9 Å². The van der Waals surface area contributed by atoms with E-state index in [1.54, 1.807) is 19.2 Å². The summed E-state index contributed by atoms with van der Waals surface area (Å²) >= 11 is 14.8. The van der Waals surface area contributed by atoms with E-state index in [1.807, 2.05) is 0 Å². The van der Waals surface area contributed by atoms with Crippen molar-refractivity contribution in [3.05, 3.63) is 26.7 Å². The molecule has 11 heavy (non-hydrogen) atoms. The minimum absolute atomic E-state index is 0.550. The highest BCUT2D eigenvalue weighted by Crippen LogP contribution is 2.34. The van der Waals surface area contributed by atoms with Crippen LogP contribution < -0.4 is 4.74 Å². The average Bonchev–Trinajstić information content (AvgIpc) is 1.99. The van der Waals surface area contributed by atoms with Gasteiger partial charge in [-0.05, 0) is 28.1 Å². The fourth-order valence-corrected chi connectivity index (χ4v) is 1.35. The molecule has 0 aliphatic heterocycles. The van der Waals surface area contributed by atoms with Gasteiger partial charge in [0.05, 0.1) is 21.6 Å². The Morgan fingerprint density at radius 1 is 1.27 bits per heavy atom. The first-order valence-corrected chi connectivity index (χ1v) is 4.38. The maximum Gasteiger partial charge on any atom is 0.121 e. The van der Waals surface area contributed by atoms with Crippen LogP contribution in [0, 0.1) is 0 Å². The van der Waals surface area contributed by atoms with Crippen molar-refractivity contribution in [3.63, 3.8) is 0 Å². The molecule has 60 valence electrons. The maximum absolute atomic E-state index is 5.79. The van der Waals surface area contributed by atoms with E-state index >= 15 is 0 Å². The second-order valence-electron chi connectivity index (χ2n) is 1.91. The third kappa shape index (κ3) is 2.01. The molecular weight excluding hydrogens is 251 g/mol. The van der Waals surface area contributed by atoms with Crippen LogP contribution in [-0.4, -0.2) is 7.11 Å². The predicted molar refractivity (Wildman–Crippen MR) is 50.7 cm³/mol. The van der Waals surface area contributed by atoms with Gasteiger partial charge in [0.25, 0.3) is 0 Å². The molecule has 0 bridgehead atoms. The van der Waals surface area contributed by atoms with Crippen molar-refractivity contribution in [1.82, 2.24) is 0 Å². The Labute approximate surface area is 83.4 Å². The normalized spacial score (nSPS) is 9.82. The fraction of sp³-hybridized carbons (Fsp3) is 0.143. The number of methoxy groups -OCH3 is 1. The Bertz CT molecular complexity index is 252. The second-order valence-corrected chi connectivity index (χ2v) is 3.51. The van der Waals surface area contributed by atoms with Crippen LogP contribution >= 0.6 is 39.1 Å². The summed E-state index contributed by atoms with van der Waals surface area (Å²) in [5.74, 6) is 0.656. The zero-order chi connectivity index (χ0) is 8.43. The standard InChI is InChI=1S/C7H5BrCl2O/c1-11-4-2-5(9)7(8)6(10)3-4/h2-3H,1H3. The summed E-state index contributed by atoms with van der Waals surface area (Å²) in [5.41, 5.74) is 0. The Hall–Kier alpha value is 0.0800. The SMILES string of the molecule is COc1cc(Cl)c(Br)c(Cl)c1. The molecule has 0 fully saturated rings. The molecule has 1 aromatic carbocycles. The van der Waals surface area contributed by atoms with Crippen LogP contribution in [0.5, 0.6) is 5.75 Å². The molecule has 0 heterocycles. The first-order valence-electron chi connectivity index (χ1n) is 2.83. The molecule has 0 spiro atoms. The summed E-state index contributed by atoms with van der Waals surface area (Å²) in [5, 5.41) is 1.10. The fourth-order valence-electron chi connectivity index (χ4n) is 0.650. The van der Waals surface area contributed by atoms with Crippen LogP contribution in [0.25, 0.3) is 0 Å². The van der Waals surface area contributed by atoms with E-state index in [0.29, 0.717) is 20.3 Å². The zero-order valence-corrected chi connectivity index (χ0v) is 8.79. The highest BCUT2D eigenvalue weighted by molar-refractivity contribution is 9.10. The number of ether oxygens (including phenoxy) is 1. The van der Waals surface area contributed by atoms with Crippen LogP contribution in [0.4, 0.5) is 0 Å². The van der Waals surface area contributed by atoms with Gasteiger partial charge in [0.1, 0.15) is 5.75 Å². The number of halogens is 3. The minimum Gasteiger partial charge on any atom is -0.497 e. The van der Waals surface area contributed by atoms with Gasteiger partial charge in [-0.3, -0.25) is 0 Å². The Kier molecular flexibility index (Phi) is 3.05. The second kappa shape index (κ2) is 3.65. The summed E-state index contributed by atoms with van der Waals surface area (Å²) in [6.07, 6.45) is 0. The van der Waals surface area contributed by atoms with Crippen LogP contribution in [-0.2, 0) is 0 Å². The van der Waals surface area contributed by atoms with Crippen LogP contribution in [0.3, 0.4) is 0 Å². The van der Waals surface area contributed by atoms with Gasteiger partial charge in [-0.15, -0.1) is 0 Å². The lowest BCUT2D eigenvalue weighted by molar-refractivity contribution is 0.415. The lowest BCUT2D eigenvalue weighted by atomic mass is 10.3. The van der Waals surface area contributed by atoms with E-state index in [2.05, 4.69) is 15.9 Å². The molecule has 0 N–H and O–H groups in total. The van der Waals surface area contributed by atoms with Gasteiger partial charge < -0.3 is 4.74 Å². The van der Waals surface area contributed by atoms with Gasteiger partial charge in [-0.1, -0.05) is 23.2 Å². The van der Waals surface area contributed by atoms with Crippen molar-refractivity contribution < 1.29 is 4.74 Å². The van der Waals surface area contributed by atoms with Crippen molar-refractivity contribution >= 4 is 39.1 Å². The molecule has 0 saturated carbocycles. The minimum atomic E-state index is 0.550. The number of hydrogen-bond acceptors (Lipinski definition) is 1. The molecule has 4 heteroatoms. The molecule has 1 nitrogen and oxygen atoms in total. The van der Waals surface area contributed by atoms with Crippen LogP contribution in [0.2, 0.25) is 10.0 Å². The predicted octanol–water partition coefficient (Wildman–Crippen LogP) is 3.76. The lowest BCUT2D eigenvalue weighted by Gasteiger charge is -2.03. The van der Waals surface area contributed by atoms with Gasteiger partial charge in [-0.2, -0.15) is 0 Å². The first-order chi connectivity index (χ1) is 5.15. The maximum atomic E-state index is 5.79. The van der Waals surface area contributed by atoms with Crippen molar-refractivity contribution in [2.75, 3.05) is 7.11 Å². The molecule has 0 saturated heterocycles. The van der Waals surface area contributed by atoms with Crippen molar-refractivity contribution in [2.45, 2.75) is 0 Å². The molecule has 0 amide bonds. The largest absolute Gasteiger partial charge is 0.497 e. The Balaban J connectivity index is 3.21. The third-order valence-electron chi connectivity index (χ3n) is 1.19. The van der Waals surface area contributed by atoms with Gasteiger partial charge in [0.15, 0.2) is 0 Å². The van der Waals surface area contributed by atoms with Crippen molar-refractivity contribution in [2.24, 2.45) is 0 Å². The summed E-state index contributed by atoms with van der Waals surface area (Å²) in [4.78, 5) is 0. The highest BCUT2D eigenvalue weighted by atomic mass is 79.9. The smallest absolute Gasteiger partial charge is 0.121 e. The lowest BCUT2D eigenvalue weighted by Crippen LogP contribution is -1.82. The van der Waals surface area contributed by atoms with Gasteiger partial charge in [0.2, 0.25) is 0 Å². The molecule has 0 radical (unpaired) electrons. The van der Waals surface area contributed by atoms with Gasteiger partial charge >= 0.3 is 0 Å². The topological polar surface area (TPSA) is 9.23 Å². The summed E-state index contributed by atoms with van der Waals surface area (Å²) < 4.78 is 5.64. The third-order valence-corrected chi connectivity index (χ3v) is 3.10. The van der Waals surface area contributed by atoms with Crippen LogP contribution in [0.15, 0.2) is 16.6 Å². The molecule has 1 aromatic rings. The van der Waals surface area contributed by atoms with Gasteiger partial charge in [0, 0.05) is 0 Å². The highest BCUT2D eigenvalue weighted by Gasteiger charge is 2.04.